The number of carbonyl (C=O) groups excluding carboxylic acids is 1. The second kappa shape index (κ2) is 9.56. The van der Waals surface area contributed by atoms with Crippen molar-refractivity contribution in [2.24, 2.45) is 0 Å². The summed E-state index contributed by atoms with van der Waals surface area (Å²) in [5, 5.41) is 3.57. The molecular weight excluding hydrogens is 288 g/mol. The Bertz CT molecular complexity index is 454. The van der Waals surface area contributed by atoms with Crippen LogP contribution in [0.2, 0.25) is 0 Å². The van der Waals surface area contributed by atoms with Crippen LogP contribution in [0.1, 0.15) is 59.1 Å². The molecule has 0 aliphatic heterocycles. The lowest BCUT2D eigenvalue weighted by molar-refractivity contribution is 0.0261. The van der Waals surface area contributed by atoms with Gasteiger partial charge in [-0.25, -0.2) is 4.79 Å². The molecule has 130 valence electrons. The molecule has 1 aromatic rings. The van der Waals surface area contributed by atoms with E-state index in [2.05, 4.69) is 36.5 Å². The average molecular weight is 320 g/mol. The lowest BCUT2D eigenvalue weighted by Crippen LogP contribution is -2.40. The molecule has 1 rings (SSSR count). The maximum atomic E-state index is 12.1. The Labute approximate surface area is 141 Å². The van der Waals surface area contributed by atoms with Crippen molar-refractivity contribution < 1.29 is 9.53 Å². The van der Waals surface area contributed by atoms with Gasteiger partial charge in [0.05, 0.1) is 0 Å². The minimum Gasteiger partial charge on any atom is -0.444 e. The summed E-state index contributed by atoms with van der Waals surface area (Å²) in [6.45, 7) is 11.9. The Morgan fingerprint density at radius 3 is 2.39 bits per heavy atom. The molecule has 0 saturated carbocycles. The van der Waals surface area contributed by atoms with E-state index < -0.39 is 5.60 Å². The molecule has 0 aromatic heterocycles. The lowest BCUT2D eigenvalue weighted by Gasteiger charge is -2.27. The summed E-state index contributed by atoms with van der Waals surface area (Å²) in [6.07, 6.45) is 1.96. The monoisotopic (exact) mass is 320 g/mol. The van der Waals surface area contributed by atoms with Gasteiger partial charge in [-0.1, -0.05) is 43.7 Å². The van der Waals surface area contributed by atoms with E-state index in [9.17, 15) is 4.79 Å². The van der Waals surface area contributed by atoms with Gasteiger partial charge in [0.1, 0.15) is 5.60 Å². The van der Waals surface area contributed by atoms with Gasteiger partial charge in [0.2, 0.25) is 0 Å². The Balaban J connectivity index is 2.52. The molecule has 0 aliphatic carbocycles. The first-order chi connectivity index (χ1) is 10.9. The van der Waals surface area contributed by atoms with E-state index in [-0.39, 0.29) is 6.09 Å². The van der Waals surface area contributed by atoms with Crippen LogP contribution in [0.4, 0.5) is 4.79 Å². The van der Waals surface area contributed by atoms with Crippen molar-refractivity contribution in [1.29, 1.82) is 0 Å². The topological polar surface area (TPSA) is 41.6 Å². The van der Waals surface area contributed by atoms with Crippen molar-refractivity contribution in [2.45, 2.75) is 59.1 Å². The highest BCUT2D eigenvalue weighted by atomic mass is 16.6. The fraction of sp³-hybridized carbons (Fsp3) is 0.632. The van der Waals surface area contributed by atoms with Crippen molar-refractivity contribution in [2.75, 3.05) is 19.6 Å². The largest absolute Gasteiger partial charge is 0.444 e. The van der Waals surface area contributed by atoms with Crippen LogP contribution < -0.4 is 5.32 Å². The highest BCUT2D eigenvalue weighted by molar-refractivity contribution is 5.68. The first-order valence-corrected chi connectivity index (χ1v) is 8.63. The predicted molar refractivity (Wildman–Crippen MR) is 95.6 cm³/mol. The summed E-state index contributed by atoms with van der Waals surface area (Å²) in [4.78, 5) is 13.9. The summed E-state index contributed by atoms with van der Waals surface area (Å²) in [6, 6.07) is 10.8. The van der Waals surface area contributed by atoms with Gasteiger partial charge < -0.3 is 15.0 Å². The molecule has 0 radical (unpaired) electrons. The number of hydrogen-bond acceptors (Lipinski definition) is 3. The summed E-state index contributed by atoms with van der Waals surface area (Å²) in [7, 11) is 0. The molecule has 1 N–H and O–H groups in total. The number of nitrogens with zero attached hydrogens (tertiary/aromatic N) is 1. The van der Waals surface area contributed by atoms with Gasteiger partial charge in [0.15, 0.2) is 0 Å². The van der Waals surface area contributed by atoms with Gasteiger partial charge in [-0.2, -0.15) is 0 Å². The number of rotatable bonds is 8. The van der Waals surface area contributed by atoms with E-state index in [0.717, 1.165) is 19.4 Å². The Hall–Kier alpha value is -1.55. The molecule has 23 heavy (non-hydrogen) atoms. The molecule has 0 fully saturated rings. The molecule has 0 aliphatic rings. The number of amides is 1. The summed E-state index contributed by atoms with van der Waals surface area (Å²) in [5.74, 6) is 0. The van der Waals surface area contributed by atoms with Crippen LogP contribution in [0.15, 0.2) is 30.3 Å². The van der Waals surface area contributed by atoms with Crippen molar-refractivity contribution in [3.63, 3.8) is 0 Å². The molecule has 1 atom stereocenters. The Morgan fingerprint density at radius 1 is 1.22 bits per heavy atom. The van der Waals surface area contributed by atoms with E-state index >= 15 is 0 Å². The normalized spacial score (nSPS) is 12.7. The number of carbonyl (C=O) groups is 1. The first kappa shape index (κ1) is 19.5. The summed E-state index contributed by atoms with van der Waals surface area (Å²) >= 11 is 0. The number of ether oxygens (including phenoxy) is 1. The third-order valence-corrected chi connectivity index (χ3v) is 3.59. The van der Waals surface area contributed by atoms with Crippen LogP contribution in [-0.4, -0.2) is 36.2 Å². The van der Waals surface area contributed by atoms with Crippen LogP contribution in [-0.2, 0) is 4.74 Å². The van der Waals surface area contributed by atoms with Crippen molar-refractivity contribution in [1.82, 2.24) is 10.2 Å². The van der Waals surface area contributed by atoms with Crippen molar-refractivity contribution in [3.05, 3.63) is 35.9 Å². The zero-order chi connectivity index (χ0) is 17.3. The molecule has 0 heterocycles. The minimum atomic E-state index is -0.452. The fourth-order valence-corrected chi connectivity index (χ4v) is 2.44. The highest BCUT2D eigenvalue weighted by Gasteiger charge is 2.21. The van der Waals surface area contributed by atoms with Gasteiger partial charge in [-0.3, -0.25) is 0 Å². The average Bonchev–Trinajstić information content (AvgIpc) is 2.49. The standard InChI is InChI=1S/C19H32N2O2/c1-6-11-17(16-12-9-8-10-13-16)20-14-15-21(7-2)18(22)23-19(3,4)5/h8-10,12-13,17,20H,6-7,11,14-15H2,1-5H3. The molecule has 4 heteroatoms. The predicted octanol–water partition coefficient (Wildman–Crippen LogP) is 4.37. The van der Waals surface area contributed by atoms with Crippen LogP contribution >= 0.6 is 0 Å². The highest BCUT2D eigenvalue weighted by Crippen LogP contribution is 2.17. The molecule has 1 unspecified atom stereocenters. The molecule has 0 bridgehead atoms. The fourth-order valence-electron chi connectivity index (χ4n) is 2.44. The maximum absolute atomic E-state index is 12.1. The number of benzene rings is 1. The Morgan fingerprint density at radius 2 is 1.87 bits per heavy atom. The molecule has 0 spiro atoms. The zero-order valence-corrected chi connectivity index (χ0v) is 15.3. The number of likely N-dealkylation sites (N-methyl/N-ethyl adjacent to an activating group) is 1. The van der Waals surface area contributed by atoms with Crippen molar-refractivity contribution in [3.8, 4) is 0 Å². The van der Waals surface area contributed by atoms with E-state index in [0.29, 0.717) is 19.1 Å². The molecule has 1 amide bonds. The summed E-state index contributed by atoms with van der Waals surface area (Å²) in [5.41, 5.74) is 0.849. The second-order valence-electron chi connectivity index (χ2n) is 6.77. The number of nitrogens with one attached hydrogen (secondary N) is 1. The minimum absolute atomic E-state index is 0.242. The smallest absolute Gasteiger partial charge is 0.410 e. The van der Waals surface area contributed by atoms with E-state index in [1.54, 1.807) is 4.90 Å². The molecule has 0 saturated heterocycles. The van der Waals surface area contributed by atoms with Gasteiger partial charge in [-0.15, -0.1) is 0 Å². The SMILES string of the molecule is CCCC(NCCN(CC)C(=O)OC(C)(C)C)c1ccccc1. The maximum Gasteiger partial charge on any atom is 0.410 e. The molecule has 4 nitrogen and oxygen atoms in total. The van der Waals surface area contributed by atoms with Gasteiger partial charge in [0.25, 0.3) is 0 Å². The van der Waals surface area contributed by atoms with E-state index in [1.807, 2.05) is 33.8 Å². The van der Waals surface area contributed by atoms with Crippen LogP contribution in [0.3, 0.4) is 0 Å². The zero-order valence-electron chi connectivity index (χ0n) is 15.3. The van der Waals surface area contributed by atoms with E-state index in [4.69, 9.17) is 4.74 Å². The Kier molecular flexibility index (Phi) is 8.10. The second-order valence-corrected chi connectivity index (χ2v) is 6.77. The third-order valence-electron chi connectivity index (χ3n) is 3.59. The quantitative estimate of drug-likeness (QED) is 0.773. The van der Waals surface area contributed by atoms with Crippen molar-refractivity contribution >= 4 is 6.09 Å². The van der Waals surface area contributed by atoms with Crippen LogP contribution in [0.25, 0.3) is 0 Å². The van der Waals surface area contributed by atoms with Gasteiger partial charge >= 0.3 is 6.09 Å². The van der Waals surface area contributed by atoms with Crippen LogP contribution in [0, 0.1) is 0 Å². The molecular formula is C19H32N2O2. The first-order valence-electron chi connectivity index (χ1n) is 8.63. The van der Waals surface area contributed by atoms with E-state index in [1.165, 1.54) is 5.56 Å². The third kappa shape index (κ3) is 7.51. The number of hydrogen-bond donors (Lipinski definition) is 1. The summed E-state index contributed by atoms with van der Waals surface area (Å²) < 4.78 is 5.44. The molecule has 1 aromatic carbocycles. The van der Waals surface area contributed by atoms with Gasteiger partial charge in [-0.05, 0) is 39.7 Å². The van der Waals surface area contributed by atoms with Gasteiger partial charge in [0, 0.05) is 25.7 Å². The van der Waals surface area contributed by atoms with Crippen LogP contribution in [0.5, 0.6) is 0 Å². The lowest BCUT2D eigenvalue weighted by atomic mass is 10.0.